The second-order valence-corrected chi connectivity index (χ2v) is 6.01. The Bertz CT molecular complexity index is 1040. The van der Waals surface area contributed by atoms with E-state index in [0.717, 1.165) is 18.2 Å². The van der Waals surface area contributed by atoms with Crippen LogP contribution in [-0.4, -0.2) is 11.7 Å². The van der Waals surface area contributed by atoms with Gasteiger partial charge in [-0.2, -0.15) is 13.2 Å². The largest absolute Gasteiger partial charge is 0.453 e. The third kappa shape index (κ3) is 4.87. The summed E-state index contributed by atoms with van der Waals surface area (Å²) in [5.41, 5.74) is -1.32. The molecule has 29 heavy (non-hydrogen) atoms. The van der Waals surface area contributed by atoms with E-state index < -0.39 is 40.8 Å². The summed E-state index contributed by atoms with van der Waals surface area (Å²) in [6.45, 7) is 0. The maximum atomic E-state index is 13.9. The van der Waals surface area contributed by atoms with E-state index in [4.69, 9.17) is 4.74 Å². The first-order chi connectivity index (χ1) is 13.6. The van der Waals surface area contributed by atoms with Crippen LogP contribution in [0.25, 0.3) is 0 Å². The van der Waals surface area contributed by atoms with Crippen LogP contribution >= 0.6 is 0 Å². The highest BCUT2D eigenvalue weighted by Gasteiger charge is 2.32. The van der Waals surface area contributed by atoms with Gasteiger partial charge in [-0.05, 0) is 36.4 Å². The Morgan fingerprint density at radius 2 is 1.79 bits per heavy atom. The minimum atomic E-state index is -4.74. The standard InChI is InChI=1S/C20H12F5NO3/c21-12-5-7-17(16(22)9-12)29-18-8-11(20(23,24)25)4-6-15(18)19(28)26-13-2-1-3-14(27)10-13/h1-2,4-10H,3H2,(H,26,28). The predicted octanol–water partition coefficient (Wildman–Crippen LogP) is 4.92. The summed E-state index contributed by atoms with van der Waals surface area (Å²) in [6.07, 6.45) is -0.435. The van der Waals surface area contributed by atoms with Crippen LogP contribution in [0.4, 0.5) is 22.0 Å². The van der Waals surface area contributed by atoms with Gasteiger partial charge in [0.25, 0.3) is 5.91 Å². The van der Waals surface area contributed by atoms with Gasteiger partial charge in [0.1, 0.15) is 11.6 Å². The maximum absolute atomic E-state index is 13.9. The number of ether oxygens (including phenoxy) is 1. The Morgan fingerprint density at radius 3 is 2.45 bits per heavy atom. The number of benzene rings is 2. The van der Waals surface area contributed by atoms with E-state index in [1.807, 2.05) is 0 Å². The van der Waals surface area contributed by atoms with Gasteiger partial charge in [0, 0.05) is 24.3 Å². The molecular formula is C20H12F5NO3. The molecule has 1 aliphatic carbocycles. The fourth-order valence-corrected chi connectivity index (χ4v) is 2.51. The van der Waals surface area contributed by atoms with E-state index in [0.29, 0.717) is 18.2 Å². The number of nitrogens with one attached hydrogen (secondary N) is 1. The molecule has 0 fully saturated rings. The molecule has 1 N–H and O–H groups in total. The van der Waals surface area contributed by atoms with Gasteiger partial charge in [0.05, 0.1) is 11.1 Å². The van der Waals surface area contributed by atoms with E-state index in [1.54, 1.807) is 0 Å². The van der Waals surface area contributed by atoms with Crippen LogP contribution < -0.4 is 10.1 Å². The van der Waals surface area contributed by atoms with Gasteiger partial charge in [-0.3, -0.25) is 9.59 Å². The van der Waals surface area contributed by atoms with E-state index in [9.17, 15) is 31.5 Å². The summed E-state index contributed by atoms with van der Waals surface area (Å²) < 4.78 is 71.2. The molecule has 0 spiro atoms. The molecule has 4 nitrogen and oxygen atoms in total. The average Bonchev–Trinajstić information content (AvgIpc) is 2.63. The predicted molar refractivity (Wildman–Crippen MR) is 92.2 cm³/mol. The third-order valence-corrected chi connectivity index (χ3v) is 3.86. The highest BCUT2D eigenvalue weighted by molar-refractivity contribution is 6.00. The molecule has 9 heteroatoms. The van der Waals surface area contributed by atoms with E-state index in [1.165, 1.54) is 18.2 Å². The van der Waals surface area contributed by atoms with Crippen LogP contribution in [0.2, 0.25) is 0 Å². The smallest absolute Gasteiger partial charge is 0.416 e. The van der Waals surface area contributed by atoms with E-state index >= 15 is 0 Å². The lowest BCUT2D eigenvalue weighted by atomic mass is 10.1. The zero-order chi connectivity index (χ0) is 21.2. The molecule has 1 amide bonds. The number of allylic oxidation sites excluding steroid dienone is 3. The van der Waals surface area contributed by atoms with E-state index in [-0.39, 0.29) is 23.5 Å². The van der Waals surface area contributed by atoms with Crippen molar-refractivity contribution in [2.75, 3.05) is 0 Å². The molecule has 3 rings (SSSR count). The quantitative estimate of drug-likeness (QED) is 0.730. The minimum Gasteiger partial charge on any atom is -0.453 e. The number of alkyl halides is 3. The summed E-state index contributed by atoms with van der Waals surface area (Å²) >= 11 is 0. The van der Waals surface area contributed by atoms with Crippen molar-refractivity contribution in [3.8, 4) is 11.5 Å². The summed E-state index contributed by atoms with van der Waals surface area (Å²) in [5.74, 6) is -4.35. The Balaban J connectivity index is 1.98. The first-order valence-corrected chi connectivity index (χ1v) is 8.20. The van der Waals surface area contributed by atoms with Crippen LogP contribution in [0.5, 0.6) is 11.5 Å². The number of carbonyl (C=O) groups excluding carboxylic acids is 2. The minimum absolute atomic E-state index is 0.144. The van der Waals surface area contributed by atoms with Crippen molar-refractivity contribution in [1.82, 2.24) is 5.32 Å². The summed E-state index contributed by atoms with van der Waals surface area (Å²) in [7, 11) is 0. The topological polar surface area (TPSA) is 55.4 Å². The monoisotopic (exact) mass is 409 g/mol. The van der Waals surface area contributed by atoms with Gasteiger partial charge in [0.2, 0.25) is 0 Å². The zero-order valence-electron chi connectivity index (χ0n) is 14.5. The number of amides is 1. The van der Waals surface area contributed by atoms with Crippen LogP contribution in [-0.2, 0) is 11.0 Å². The van der Waals surface area contributed by atoms with Gasteiger partial charge < -0.3 is 10.1 Å². The normalized spacial score (nSPS) is 13.8. The molecule has 0 atom stereocenters. The molecule has 150 valence electrons. The van der Waals surface area contributed by atoms with Crippen LogP contribution in [0.3, 0.4) is 0 Å². The van der Waals surface area contributed by atoms with Crippen LogP contribution in [0, 0.1) is 11.6 Å². The molecule has 0 saturated heterocycles. The number of hydrogen-bond acceptors (Lipinski definition) is 3. The molecule has 0 aliphatic heterocycles. The van der Waals surface area contributed by atoms with E-state index in [2.05, 4.69) is 5.32 Å². The number of ketones is 1. The van der Waals surface area contributed by atoms with Crippen molar-refractivity contribution < 1.29 is 36.3 Å². The molecule has 0 aromatic heterocycles. The third-order valence-electron chi connectivity index (χ3n) is 3.86. The van der Waals surface area contributed by atoms with Gasteiger partial charge in [-0.25, -0.2) is 8.78 Å². The lowest BCUT2D eigenvalue weighted by molar-refractivity contribution is -0.137. The van der Waals surface area contributed by atoms with Gasteiger partial charge in [0.15, 0.2) is 17.3 Å². The highest BCUT2D eigenvalue weighted by atomic mass is 19.4. The van der Waals surface area contributed by atoms with Gasteiger partial charge in [-0.1, -0.05) is 6.08 Å². The van der Waals surface area contributed by atoms with Crippen molar-refractivity contribution in [2.45, 2.75) is 12.6 Å². The Hall–Kier alpha value is -3.49. The molecule has 0 radical (unpaired) electrons. The zero-order valence-corrected chi connectivity index (χ0v) is 14.5. The number of rotatable bonds is 4. The van der Waals surface area contributed by atoms with Crippen molar-refractivity contribution >= 4 is 11.7 Å². The van der Waals surface area contributed by atoms with Crippen molar-refractivity contribution in [1.29, 1.82) is 0 Å². The van der Waals surface area contributed by atoms with Crippen molar-refractivity contribution in [2.24, 2.45) is 0 Å². The second-order valence-electron chi connectivity index (χ2n) is 6.01. The summed E-state index contributed by atoms with van der Waals surface area (Å²) in [4.78, 5) is 23.9. The number of halogens is 5. The lowest BCUT2D eigenvalue weighted by Crippen LogP contribution is -2.24. The number of carbonyl (C=O) groups is 2. The highest BCUT2D eigenvalue weighted by Crippen LogP contribution is 2.35. The maximum Gasteiger partial charge on any atom is 0.416 e. The lowest BCUT2D eigenvalue weighted by Gasteiger charge is -2.15. The van der Waals surface area contributed by atoms with Crippen molar-refractivity contribution in [3.05, 3.63) is 83.1 Å². The van der Waals surface area contributed by atoms with Gasteiger partial charge in [-0.15, -0.1) is 0 Å². The first-order valence-electron chi connectivity index (χ1n) is 8.20. The Labute approximate surface area is 161 Å². The van der Waals surface area contributed by atoms with Crippen LogP contribution in [0.15, 0.2) is 60.3 Å². The van der Waals surface area contributed by atoms with Crippen LogP contribution in [0.1, 0.15) is 22.3 Å². The molecule has 0 heterocycles. The Kier molecular flexibility index (Phi) is 5.49. The van der Waals surface area contributed by atoms with Crippen molar-refractivity contribution in [3.63, 3.8) is 0 Å². The molecule has 2 aromatic rings. The summed E-state index contributed by atoms with van der Waals surface area (Å²) in [6, 6.07) is 4.30. The summed E-state index contributed by atoms with van der Waals surface area (Å²) in [5, 5.41) is 2.37. The fraction of sp³-hybridized carbons (Fsp3) is 0.100. The first kappa shape index (κ1) is 20.2. The average molecular weight is 409 g/mol. The molecule has 0 saturated carbocycles. The SMILES string of the molecule is O=C1C=C(NC(=O)c2ccc(C(F)(F)F)cc2Oc2ccc(F)cc2F)C=CC1. The number of hydrogen-bond donors (Lipinski definition) is 1. The van der Waals surface area contributed by atoms with Gasteiger partial charge >= 0.3 is 6.18 Å². The second kappa shape index (κ2) is 7.86. The molecular weight excluding hydrogens is 397 g/mol. The molecule has 0 bridgehead atoms. The Morgan fingerprint density at radius 1 is 1.03 bits per heavy atom. The molecule has 0 unspecified atom stereocenters. The molecule has 1 aliphatic rings. The fourth-order valence-electron chi connectivity index (χ4n) is 2.51. The molecule has 2 aromatic carbocycles.